The van der Waals surface area contributed by atoms with Crippen molar-refractivity contribution in [3.8, 4) is 0 Å². The third kappa shape index (κ3) is 1.31. The maximum absolute atomic E-state index is 11.3. The maximum Gasteiger partial charge on any atom is 0.339 e. The Kier molecular flexibility index (Phi) is 2.09. The predicted octanol–water partition coefficient (Wildman–Crippen LogP) is 1.38. The summed E-state index contributed by atoms with van der Waals surface area (Å²) < 4.78 is 5.25. The van der Waals surface area contributed by atoms with E-state index >= 15 is 0 Å². The van der Waals surface area contributed by atoms with Crippen molar-refractivity contribution in [3.05, 3.63) is 33.4 Å². The predicted molar refractivity (Wildman–Crippen MR) is 53.8 cm³/mol. The summed E-state index contributed by atoms with van der Waals surface area (Å²) in [4.78, 5) is 24.8. The molecule has 0 atom stereocenters. The van der Waals surface area contributed by atoms with Gasteiger partial charge in [0.15, 0.2) is 0 Å². The topological polar surface area (TPSA) is 59.2 Å². The molecule has 0 fully saturated rings. The van der Waals surface area contributed by atoms with Crippen LogP contribution in [0.25, 0.3) is 10.2 Å². The van der Waals surface area contributed by atoms with Crippen molar-refractivity contribution >= 4 is 27.5 Å². The van der Waals surface area contributed by atoms with Crippen LogP contribution in [0, 0.1) is 0 Å². The van der Waals surface area contributed by atoms with E-state index in [9.17, 15) is 9.59 Å². The number of thiazole rings is 1. The fourth-order valence-electron chi connectivity index (χ4n) is 1.24. The van der Waals surface area contributed by atoms with Crippen LogP contribution < -0.4 is 4.87 Å². The Morgan fingerprint density at radius 1 is 1.50 bits per heavy atom. The summed E-state index contributed by atoms with van der Waals surface area (Å²) in [6, 6.07) is 5.09. The molecule has 2 rings (SSSR count). The van der Waals surface area contributed by atoms with Gasteiger partial charge in [0.1, 0.15) is 0 Å². The van der Waals surface area contributed by atoms with E-state index in [-0.39, 0.29) is 4.87 Å². The van der Waals surface area contributed by atoms with Crippen LogP contribution in [-0.4, -0.2) is 18.1 Å². The monoisotopic (exact) mass is 209 g/mol. The Hall–Kier alpha value is -1.62. The lowest BCUT2D eigenvalue weighted by Crippen LogP contribution is -2.00. The summed E-state index contributed by atoms with van der Waals surface area (Å²) in [7, 11) is 1.32. The van der Waals surface area contributed by atoms with Gasteiger partial charge < -0.3 is 9.72 Å². The standard InChI is InChI=1S/C9H7NO3S/c1-13-8(11)5-3-2-4-6-7(5)14-9(12)10-6/h2-4H,1H3,(H,10,12). The van der Waals surface area contributed by atoms with E-state index in [1.807, 2.05) is 0 Å². The second kappa shape index (κ2) is 3.26. The van der Waals surface area contributed by atoms with Gasteiger partial charge in [-0.2, -0.15) is 0 Å². The zero-order valence-electron chi connectivity index (χ0n) is 7.37. The molecule has 0 aliphatic heterocycles. The summed E-state index contributed by atoms with van der Waals surface area (Å²) >= 11 is 1.01. The summed E-state index contributed by atoms with van der Waals surface area (Å²) in [6.07, 6.45) is 0. The van der Waals surface area contributed by atoms with Crippen molar-refractivity contribution in [2.24, 2.45) is 0 Å². The van der Waals surface area contributed by atoms with E-state index < -0.39 is 5.97 Å². The van der Waals surface area contributed by atoms with Gasteiger partial charge in [0.05, 0.1) is 22.9 Å². The molecule has 0 amide bonds. The first kappa shape index (κ1) is 8.96. The number of methoxy groups -OCH3 is 1. The molecule has 14 heavy (non-hydrogen) atoms. The van der Waals surface area contributed by atoms with Gasteiger partial charge >= 0.3 is 10.8 Å². The minimum atomic E-state index is -0.425. The number of hydrogen-bond acceptors (Lipinski definition) is 4. The Balaban J connectivity index is 2.76. The molecule has 2 aromatic rings. The molecule has 0 bridgehead atoms. The molecule has 72 valence electrons. The van der Waals surface area contributed by atoms with Gasteiger partial charge in [-0.25, -0.2) is 4.79 Å². The van der Waals surface area contributed by atoms with Gasteiger partial charge in [0.2, 0.25) is 0 Å². The summed E-state index contributed by atoms with van der Waals surface area (Å²) in [6.45, 7) is 0. The number of carbonyl (C=O) groups excluding carboxylic acids is 1. The molecule has 0 unspecified atom stereocenters. The average Bonchev–Trinajstić information content (AvgIpc) is 2.56. The van der Waals surface area contributed by atoms with Crippen LogP contribution in [0.15, 0.2) is 23.0 Å². The van der Waals surface area contributed by atoms with Crippen molar-refractivity contribution in [3.63, 3.8) is 0 Å². The molecule has 4 nitrogen and oxygen atoms in total. The van der Waals surface area contributed by atoms with Crippen LogP contribution in [0.4, 0.5) is 0 Å². The highest BCUT2D eigenvalue weighted by Gasteiger charge is 2.11. The number of carbonyl (C=O) groups is 1. The first-order chi connectivity index (χ1) is 6.72. The molecule has 1 aromatic heterocycles. The Labute approximate surface area is 83.1 Å². The molecule has 5 heteroatoms. The first-order valence-corrected chi connectivity index (χ1v) is 4.74. The van der Waals surface area contributed by atoms with Gasteiger partial charge in [-0.1, -0.05) is 17.4 Å². The molecule has 0 spiro atoms. The van der Waals surface area contributed by atoms with Crippen LogP contribution in [0.1, 0.15) is 10.4 Å². The van der Waals surface area contributed by atoms with Crippen molar-refractivity contribution in [1.29, 1.82) is 0 Å². The highest BCUT2D eigenvalue weighted by molar-refractivity contribution is 7.16. The number of nitrogens with one attached hydrogen (secondary N) is 1. The van der Waals surface area contributed by atoms with Crippen LogP contribution in [0.2, 0.25) is 0 Å². The van der Waals surface area contributed by atoms with E-state index in [0.717, 1.165) is 11.3 Å². The molecular formula is C9H7NO3S. The van der Waals surface area contributed by atoms with Crippen LogP contribution in [0.3, 0.4) is 0 Å². The lowest BCUT2D eigenvalue weighted by Gasteiger charge is -1.98. The average molecular weight is 209 g/mol. The smallest absolute Gasteiger partial charge is 0.339 e. The third-order valence-corrected chi connectivity index (χ3v) is 2.78. The molecule has 0 aliphatic rings. The van der Waals surface area contributed by atoms with Crippen molar-refractivity contribution in [1.82, 2.24) is 4.98 Å². The molecule has 1 N–H and O–H groups in total. The number of esters is 1. The van der Waals surface area contributed by atoms with Gasteiger partial charge in [0, 0.05) is 0 Å². The Bertz CT molecular complexity index is 540. The zero-order chi connectivity index (χ0) is 10.1. The van der Waals surface area contributed by atoms with Gasteiger partial charge in [-0.15, -0.1) is 0 Å². The summed E-state index contributed by atoms with van der Waals surface area (Å²) in [5.74, 6) is -0.425. The van der Waals surface area contributed by atoms with Crippen LogP contribution in [0.5, 0.6) is 0 Å². The zero-order valence-corrected chi connectivity index (χ0v) is 8.18. The van der Waals surface area contributed by atoms with Gasteiger partial charge in [-0.05, 0) is 12.1 Å². The highest BCUT2D eigenvalue weighted by Crippen LogP contribution is 2.19. The lowest BCUT2D eigenvalue weighted by atomic mass is 10.2. The van der Waals surface area contributed by atoms with E-state index in [1.54, 1.807) is 18.2 Å². The quantitative estimate of drug-likeness (QED) is 0.722. The molecule has 0 saturated heterocycles. The van der Waals surface area contributed by atoms with E-state index in [4.69, 9.17) is 0 Å². The van der Waals surface area contributed by atoms with Gasteiger partial charge in [0.25, 0.3) is 0 Å². The minimum absolute atomic E-state index is 0.170. The molecule has 0 saturated carbocycles. The number of aromatic amines is 1. The number of H-pyrrole nitrogens is 1. The number of ether oxygens (including phenoxy) is 1. The Morgan fingerprint density at radius 2 is 2.29 bits per heavy atom. The fraction of sp³-hybridized carbons (Fsp3) is 0.111. The minimum Gasteiger partial charge on any atom is -0.465 e. The number of benzene rings is 1. The van der Waals surface area contributed by atoms with Crippen LogP contribution in [-0.2, 0) is 4.74 Å². The van der Waals surface area contributed by atoms with E-state index in [1.165, 1.54) is 7.11 Å². The number of hydrogen-bond donors (Lipinski definition) is 1. The molecule has 0 radical (unpaired) electrons. The van der Waals surface area contributed by atoms with Crippen molar-refractivity contribution in [2.45, 2.75) is 0 Å². The van der Waals surface area contributed by atoms with Crippen LogP contribution >= 0.6 is 11.3 Å². The second-order valence-corrected chi connectivity index (χ2v) is 3.67. The highest BCUT2D eigenvalue weighted by atomic mass is 32.1. The number of fused-ring (bicyclic) bond motifs is 1. The fourth-order valence-corrected chi connectivity index (χ4v) is 2.08. The lowest BCUT2D eigenvalue weighted by molar-refractivity contribution is 0.0603. The second-order valence-electron chi connectivity index (χ2n) is 2.69. The van der Waals surface area contributed by atoms with E-state index in [2.05, 4.69) is 9.72 Å². The summed E-state index contributed by atoms with van der Waals surface area (Å²) in [5.41, 5.74) is 1.09. The molecule has 1 heterocycles. The van der Waals surface area contributed by atoms with Crippen molar-refractivity contribution < 1.29 is 9.53 Å². The van der Waals surface area contributed by atoms with E-state index in [0.29, 0.717) is 15.8 Å². The summed E-state index contributed by atoms with van der Waals surface area (Å²) in [5, 5.41) is 0. The number of rotatable bonds is 1. The first-order valence-electron chi connectivity index (χ1n) is 3.92. The SMILES string of the molecule is COC(=O)c1cccc2[nH]c(=O)sc12. The molecule has 1 aromatic carbocycles. The largest absolute Gasteiger partial charge is 0.465 e. The van der Waals surface area contributed by atoms with Gasteiger partial charge in [-0.3, -0.25) is 4.79 Å². The molecular weight excluding hydrogens is 202 g/mol. The normalized spacial score (nSPS) is 10.4. The maximum atomic E-state index is 11.3. The third-order valence-electron chi connectivity index (χ3n) is 1.85. The molecule has 0 aliphatic carbocycles. The number of aromatic nitrogens is 1. The Morgan fingerprint density at radius 3 is 3.00 bits per heavy atom. The van der Waals surface area contributed by atoms with Crippen molar-refractivity contribution in [2.75, 3.05) is 7.11 Å².